The molecule has 1 aliphatic rings. The van der Waals surface area contributed by atoms with E-state index in [-0.39, 0.29) is 4.90 Å². The zero-order chi connectivity index (χ0) is 15.7. The fraction of sp³-hybridized carbons (Fsp3) is 0.500. The molecule has 5 nitrogen and oxygen atoms in total. The van der Waals surface area contributed by atoms with Crippen LogP contribution in [0.5, 0.6) is 5.75 Å². The zero-order valence-electron chi connectivity index (χ0n) is 10.8. The predicted molar refractivity (Wildman–Crippen MR) is 67.1 cm³/mol. The van der Waals surface area contributed by atoms with E-state index in [0.29, 0.717) is 19.3 Å². The summed E-state index contributed by atoms with van der Waals surface area (Å²) in [6.07, 6.45) is -3.81. The van der Waals surface area contributed by atoms with Crippen molar-refractivity contribution in [3.63, 3.8) is 0 Å². The van der Waals surface area contributed by atoms with Crippen LogP contribution < -0.4 is 9.46 Å². The second-order valence-corrected chi connectivity index (χ2v) is 6.46. The van der Waals surface area contributed by atoms with Gasteiger partial charge in [0, 0.05) is 6.04 Å². The van der Waals surface area contributed by atoms with Crippen molar-refractivity contribution >= 4 is 10.0 Å². The summed E-state index contributed by atoms with van der Waals surface area (Å²) in [6, 6.07) is 3.32. The fourth-order valence-corrected chi connectivity index (χ4v) is 3.47. The van der Waals surface area contributed by atoms with E-state index in [0.717, 1.165) is 24.3 Å². The van der Waals surface area contributed by atoms with Gasteiger partial charge in [-0.1, -0.05) is 0 Å². The average molecular weight is 325 g/mol. The first-order valence-electron chi connectivity index (χ1n) is 6.23. The first-order valence-corrected chi connectivity index (χ1v) is 7.72. The average Bonchev–Trinajstić information content (AvgIpc) is 2.73. The Balaban J connectivity index is 2.10. The molecule has 0 amide bonds. The molecule has 2 unspecified atom stereocenters. The van der Waals surface area contributed by atoms with Crippen LogP contribution in [0.2, 0.25) is 0 Å². The van der Waals surface area contributed by atoms with Crippen LogP contribution in [0.4, 0.5) is 13.2 Å². The van der Waals surface area contributed by atoms with Crippen molar-refractivity contribution in [2.24, 2.45) is 0 Å². The predicted octanol–water partition coefficient (Wildman–Crippen LogP) is 1.78. The molecule has 1 saturated carbocycles. The number of aliphatic hydroxyl groups excluding tert-OH is 1. The van der Waals surface area contributed by atoms with Gasteiger partial charge in [0.05, 0.1) is 11.0 Å². The summed E-state index contributed by atoms with van der Waals surface area (Å²) in [6.45, 7) is 0. The quantitative estimate of drug-likeness (QED) is 0.885. The fourth-order valence-electron chi connectivity index (χ4n) is 2.17. The number of halogens is 3. The summed E-state index contributed by atoms with van der Waals surface area (Å²) < 4.78 is 66.1. The number of benzene rings is 1. The van der Waals surface area contributed by atoms with Gasteiger partial charge >= 0.3 is 6.36 Å². The molecule has 1 aromatic rings. The van der Waals surface area contributed by atoms with Gasteiger partial charge in [0.25, 0.3) is 0 Å². The van der Waals surface area contributed by atoms with E-state index in [1.165, 1.54) is 0 Å². The monoisotopic (exact) mass is 325 g/mol. The smallest absolute Gasteiger partial charge is 0.406 e. The minimum absolute atomic E-state index is 0.184. The molecule has 0 aliphatic heterocycles. The number of alkyl halides is 3. The van der Waals surface area contributed by atoms with Crippen LogP contribution in [-0.4, -0.2) is 32.0 Å². The molecular formula is C12H14F3NO4S. The second-order valence-electron chi connectivity index (χ2n) is 4.75. The maximum atomic E-state index is 12.0. The van der Waals surface area contributed by atoms with Gasteiger partial charge in [0.1, 0.15) is 5.75 Å². The van der Waals surface area contributed by atoms with E-state index >= 15 is 0 Å². The lowest BCUT2D eigenvalue weighted by molar-refractivity contribution is -0.274. The van der Waals surface area contributed by atoms with Crippen LogP contribution in [0.3, 0.4) is 0 Å². The highest BCUT2D eigenvalue weighted by Gasteiger charge is 2.32. The highest BCUT2D eigenvalue weighted by Crippen LogP contribution is 2.25. The van der Waals surface area contributed by atoms with E-state index in [9.17, 15) is 26.7 Å². The standard InChI is InChI=1S/C12H14F3NO4S/c13-12(14,15)20-8-4-6-9(7-5-8)21(18,19)16-10-2-1-3-11(10)17/h4-7,10-11,16-17H,1-3H2. The van der Waals surface area contributed by atoms with E-state index in [1.54, 1.807) is 0 Å². The van der Waals surface area contributed by atoms with Crippen molar-refractivity contribution in [2.75, 3.05) is 0 Å². The SMILES string of the molecule is O=S(=O)(NC1CCCC1O)c1ccc(OC(F)(F)F)cc1. The molecule has 0 bridgehead atoms. The molecule has 0 spiro atoms. The Labute approximate surface area is 119 Å². The molecule has 1 aromatic carbocycles. The molecule has 0 saturated heterocycles. The van der Waals surface area contributed by atoms with Crippen molar-refractivity contribution in [3.8, 4) is 5.75 Å². The molecule has 0 heterocycles. The number of hydrogen-bond donors (Lipinski definition) is 2. The van der Waals surface area contributed by atoms with Crippen molar-refractivity contribution < 1.29 is 31.4 Å². The van der Waals surface area contributed by atoms with Gasteiger partial charge in [-0.2, -0.15) is 0 Å². The van der Waals surface area contributed by atoms with Crippen molar-refractivity contribution in [1.29, 1.82) is 0 Å². The number of ether oxygens (including phenoxy) is 1. The molecule has 0 radical (unpaired) electrons. The summed E-state index contributed by atoms with van der Waals surface area (Å²) in [4.78, 5) is -0.184. The van der Waals surface area contributed by atoms with Gasteiger partial charge in [0.2, 0.25) is 10.0 Å². The zero-order valence-corrected chi connectivity index (χ0v) is 11.6. The Morgan fingerprint density at radius 1 is 1.19 bits per heavy atom. The van der Waals surface area contributed by atoms with E-state index < -0.39 is 34.3 Å². The highest BCUT2D eigenvalue weighted by molar-refractivity contribution is 7.89. The molecule has 1 aliphatic carbocycles. The largest absolute Gasteiger partial charge is 0.573 e. The summed E-state index contributed by atoms with van der Waals surface area (Å²) in [5.74, 6) is -0.498. The van der Waals surface area contributed by atoms with E-state index in [4.69, 9.17) is 0 Å². The van der Waals surface area contributed by atoms with Crippen LogP contribution >= 0.6 is 0 Å². The van der Waals surface area contributed by atoms with Crippen LogP contribution in [0, 0.1) is 0 Å². The minimum atomic E-state index is -4.83. The van der Waals surface area contributed by atoms with Gasteiger partial charge in [-0.15, -0.1) is 13.2 Å². The van der Waals surface area contributed by atoms with Crippen molar-refractivity contribution in [2.45, 2.75) is 42.7 Å². The number of sulfonamides is 1. The minimum Gasteiger partial charge on any atom is -0.406 e. The van der Waals surface area contributed by atoms with Gasteiger partial charge in [0.15, 0.2) is 0 Å². The highest BCUT2D eigenvalue weighted by atomic mass is 32.2. The van der Waals surface area contributed by atoms with E-state index in [1.807, 2.05) is 0 Å². The summed E-state index contributed by atoms with van der Waals surface area (Å²) in [5, 5.41) is 9.60. The van der Waals surface area contributed by atoms with Gasteiger partial charge in [-0.05, 0) is 43.5 Å². The third-order valence-corrected chi connectivity index (χ3v) is 4.66. The molecule has 1 fully saturated rings. The molecule has 9 heteroatoms. The first-order chi connectivity index (χ1) is 9.67. The number of nitrogens with one attached hydrogen (secondary N) is 1. The summed E-state index contributed by atoms with van der Waals surface area (Å²) >= 11 is 0. The summed E-state index contributed by atoms with van der Waals surface area (Å²) in [5.41, 5.74) is 0. The Morgan fingerprint density at radius 2 is 1.81 bits per heavy atom. The number of aliphatic hydroxyl groups is 1. The topological polar surface area (TPSA) is 75.6 Å². The lowest BCUT2D eigenvalue weighted by Gasteiger charge is -2.16. The lowest BCUT2D eigenvalue weighted by Crippen LogP contribution is -2.39. The molecule has 0 aromatic heterocycles. The molecule has 2 atom stereocenters. The Kier molecular flexibility index (Phi) is 4.45. The second kappa shape index (κ2) is 5.82. The summed E-state index contributed by atoms with van der Waals surface area (Å²) in [7, 11) is -3.88. The maximum Gasteiger partial charge on any atom is 0.573 e. The number of hydrogen-bond acceptors (Lipinski definition) is 4. The third kappa shape index (κ3) is 4.32. The molecular weight excluding hydrogens is 311 g/mol. The third-order valence-electron chi connectivity index (χ3n) is 3.15. The van der Waals surface area contributed by atoms with Gasteiger partial charge in [-0.25, -0.2) is 13.1 Å². The molecule has 2 rings (SSSR count). The maximum absolute atomic E-state index is 12.0. The normalized spacial score (nSPS) is 23.2. The van der Waals surface area contributed by atoms with Gasteiger partial charge < -0.3 is 9.84 Å². The van der Waals surface area contributed by atoms with Crippen LogP contribution in [0.25, 0.3) is 0 Å². The number of rotatable bonds is 4. The lowest BCUT2D eigenvalue weighted by atomic mass is 10.2. The first kappa shape index (κ1) is 16.1. The van der Waals surface area contributed by atoms with Crippen molar-refractivity contribution in [1.82, 2.24) is 4.72 Å². The van der Waals surface area contributed by atoms with Crippen LogP contribution in [-0.2, 0) is 10.0 Å². The molecule has 2 N–H and O–H groups in total. The Hall–Kier alpha value is -1.32. The van der Waals surface area contributed by atoms with E-state index in [2.05, 4.69) is 9.46 Å². The van der Waals surface area contributed by atoms with Crippen LogP contribution in [0.1, 0.15) is 19.3 Å². The molecule has 118 valence electrons. The van der Waals surface area contributed by atoms with Crippen molar-refractivity contribution in [3.05, 3.63) is 24.3 Å². The Morgan fingerprint density at radius 3 is 2.29 bits per heavy atom. The molecule has 21 heavy (non-hydrogen) atoms. The Bertz CT molecular complexity index is 586. The van der Waals surface area contributed by atoms with Crippen LogP contribution in [0.15, 0.2) is 29.2 Å². The van der Waals surface area contributed by atoms with Gasteiger partial charge in [-0.3, -0.25) is 0 Å².